The van der Waals surface area contributed by atoms with Crippen molar-refractivity contribution in [1.29, 1.82) is 0 Å². The van der Waals surface area contributed by atoms with Crippen LogP contribution in [-0.4, -0.2) is 43.8 Å². The standard InChI is InChI=1S/C17H36N2O/c1-14(2)10-17(13-18,11-15(3)4)19(5)12-16-6-8-20-9-7-16/h14-16H,6-13,18H2,1-5H3. The van der Waals surface area contributed by atoms with Crippen molar-refractivity contribution in [2.75, 3.05) is 33.4 Å². The molecule has 1 rings (SSSR count). The molecular formula is C17H36N2O. The molecule has 0 saturated carbocycles. The molecule has 0 atom stereocenters. The number of rotatable bonds is 8. The lowest BCUT2D eigenvalue weighted by Crippen LogP contribution is -2.55. The summed E-state index contributed by atoms with van der Waals surface area (Å²) >= 11 is 0. The minimum Gasteiger partial charge on any atom is -0.381 e. The maximum atomic E-state index is 6.24. The van der Waals surface area contributed by atoms with Crippen LogP contribution in [0.15, 0.2) is 0 Å². The van der Waals surface area contributed by atoms with Gasteiger partial charge in [0.2, 0.25) is 0 Å². The normalized spacial score (nSPS) is 18.4. The van der Waals surface area contributed by atoms with E-state index in [0.29, 0.717) is 11.8 Å². The molecule has 1 aliphatic rings. The first-order valence-corrected chi connectivity index (χ1v) is 8.38. The minimum absolute atomic E-state index is 0.167. The molecule has 20 heavy (non-hydrogen) atoms. The van der Waals surface area contributed by atoms with Crippen molar-refractivity contribution in [3.63, 3.8) is 0 Å². The van der Waals surface area contributed by atoms with Gasteiger partial charge in [0.05, 0.1) is 0 Å². The van der Waals surface area contributed by atoms with E-state index in [1.54, 1.807) is 0 Å². The fourth-order valence-electron chi connectivity index (χ4n) is 3.75. The summed E-state index contributed by atoms with van der Waals surface area (Å²) in [4.78, 5) is 2.57. The van der Waals surface area contributed by atoms with Crippen molar-refractivity contribution in [3.05, 3.63) is 0 Å². The Morgan fingerprint density at radius 2 is 1.60 bits per heavy atom. The molecule has 1 saturated heterocycles. The largest absolute Gasteiger partial charge is 0.381 e. The van der Waals surface area contributed by atoms with Gasteiger partial charge in [-0.3, -0.25) is 4.90 Å². The third-order valence-corrected chi connectivity index (χ3v) is 4.64. The van der Waals surface area contributed by atoms with Crippen LogP contribution in [0, 0.1) is 17.8 Å². The summed E-state index contributed by atoms with van der Waals surface area (Å²) in [5.41, 5.74) is 6.41. The molecule has 3 heteroatoms. The Bertz CT molecular complexity index is 250. The van der Waals surface area contributed by atoms with Crippen LogP contribution in [0.5, 0.6) is 0 Å². The summed E-state index contributed by atoms with van der Waals surface area (Å²) in [5, 5.41) is 0. The summed E-state index contributed by atoms with van der Waals surface area (Å²) < 4.78 is 5.48. The number of likely N-dealkylation sites (N-methyl/N-ethyl adjacent to an activating group) is 1. The van der Waals surface area contributed by atoms with E-state index in [1.165, 1.54) is 32.2 Å². The Labute approximate surface area is 126 Å². The zero-order valence-corrected chi connectivity index (χ0v) is 14.3. The van der Waals surface area contributed by atoms with E-state index in [0.717, 1.165) is 25.7 Å². The lowest BCUT2D eigenvalue weighted by Gasteiger charge is -2.45. The zero-order valence-electron chi connectivity index (χ0n) is 14.3. The second-order valence-corrected chi connectivity index (χ2v) is 7.56. The lowest BCUT2D eigenvalue weighted by molar-refractivity contribution is 0.0208. The molecule has 0 amide bonds. The van der Waals surface area contributed by atoms with Crippen LogP contribution in [0.1, 0.15) is 53.4 Å². The average Bonchev–Trinajstić information content (AvgIpc) is 2.37. The molecular weight excluding hydrogens is 248 g/mol. The Morgan fingerprint density at radius 3 is 2.00 bits per heavy atom. The van der Waals surface area contributed by atoms with Gasteiger partial charge in [-0.25, -0.2) is 0 Å². The molecule has 0 aromatic carbocycles. The second kappa shape index (κ2) is 8.35. The predicted molar refractivity (Wildman–Crippen MR) is 86.9 cm³/mol. The Morgan fingerprint density at radius 1 is 1.10 bits per heavy atom. The first-order valence-electron chi connectivity index (χ1n) is 8.38. The van der Waals surface area contributed by atoms with Crippen LogP contribution in [0.4, 0.5) is 0 Å². The van der Waals surface area contributed by atoms with E-state index in [-0.39, 0.29) is 5.54 Å². The highest BCUT2D eigenvalue weighted by Crippen LogP contribution is 2.31. The van der Waals surface area contributed by atoms with Crippen LogP contribution >= 0.6 is 0 Å². The lowest BCUT2D eigenvalue weighted by atomic mass is 9.80. The summed E-state index contributed by atoms with van der Waals surface area (Å²) in [6.45, 7) is 13.0. The van der Waals surface area contributed by atoms with Crippen LogP contribution < -0.4 is 5.73 Å². The SMILES string of the molecule is CC(C)CC(CN)(CC(C)C)N(C)CC1CCOCC1. The zero-order chi connectivity index (χ0) is 15.2. The van der Waals surface area contributed by atoms with E-state index in [9.17, 15) is 0 Å². The molecule has 0 aromatic heterocycles. The van der Waals surface area contributed by atoms with Crippen molar-refractivity contribution in [2.24, 2.45) is 23.5 Å². The molecule has 2 N–H and O–H groups in total. The van der Waals surface area contributed by atoms with Gasteiger partial charge in [0, 0.05) is 31.8 Å². The Hall–Kier alpha value is -0.120. The van der Waals surface area contributed by atoms with Crippen LogP contribution in [0.25, 0.3) is 0 Å². The van der Waals surface area contributed by atoms with Crippen molar-refractivity contribution in [1.82, 2.24) is 4.90 Å². The summed E-state index contributed by atoms with van der Waals surface area (Å²) in [6.07, 6.45) is 4.80. The highest BCUT2D eigenvalue weighted by atomic mass is 16.5. The van der Waals surface area contributed by atoms with Gasteiger partial charge in [-0.05, 0) is 50.5 Å². The number of nitrogens with zero attached hydrogens (tertiary/aromatic N) is 1. The van der Waals surface area contributed by atoms with Crippen LogP contribution in [0.3, 0.4) is 0 Å². The van der Waals surface area contributed by atoms with Gasteiger partial charge in [0.1, 0.15) is 0 Å². The van der Waals surface area contributed by atoms with E-state index in [1.807, 2.05) is 0 Å². The van der Waals surface area contributed by atoms with Crippen molar-refractivity contribution in [3.8, 4) is 0 Å². The van der Waals surface area contributed by atoms with Gasteiger partial charge >= 0.3 is 0 Å². The average molecular weight is 284 g/mol. The van der Waals surface area contributed by atoms with E-state index in [2.05, 4.69) is 39.6 Å². The minimum atomic E-state index is 0.167. The van der Waals surface area contributed by atoms with E-state index < -0.39 is 0 Å². The quantitative estimate of drug-likeness (QED) is 0.744. The number of hydrogen-bond acceptors (Lipinski definition) is 3. The molecule has 1 heterocycles. The molecule has 0 aliphatic carbocycles. The van der Waals surface area contributed by atoms with Gasteiger partial charge in [-0.15, -0.1) is 0 Å². The van der Waals surface area contributed by atoms with Gasteiger partial charge in [0.15, 0.2) is 0 Å². The molecule has 0 aromatic rings. The number of nitrogens with two attached hydrogens (primary N) is 1. The van der Waals surface area contributed by atoms with Crippen LogP contribution in [-0.2, 0) is 4.74 Å². The monoisotopic (exact) mass is 284 g/mol. The van der Waals surface area contributed by atoms with Crippen molar-refractivity contribution < 1.29 is 4.74 Å². The topological polar surface area (TPSA) is 38.5 Å². The molecule has 0 bridgehead atoms. The first kappa shape index (κ1) is 17.9. The highest BCUT2D eigenvalue weighted by Gasteiger charge is 2.35. The van der Waals surface area contributed by atoms with E-state index in [4.69, 9.17) is 10.5 Å². The third-order valence-electron chi connectivity index (χ3n) is 4.64. The predicted octanol–water partition coefficient (Wildman–Crippen LogP) is 3.13. The smallest absolute Gasteiger partial charge is 0.0469 e. The molecule has 120 valence electrons. The molecule has 1 fully saturated rings. The fraction of sp³-hybridized carbons (Fsp3) is 1.00. The first-order chi connectivity index (χ1) is 9.39. The van der Waals surface area contributed by atoms with Gasteiger partial charge in [-0.2, -0.15) is 0 Å². The Kier molecular flexibility index (Phi) is 7.49. The van der Waals surface area contributed by atoms with Gasteiger partial charge in [-0.1, -0.05) is 27.7 Å². The molecule has 1 aliphatic heterocycles. The molecule has 0 unspecified atom stereocenters. The number of hydrogen-bond donors (Lipinski definition) is 1. The van der Waals surface area contributed by atoms with E-state index >= 15 is 0 Å². The van der Waals surface area contributed by atoms with Crippen molar-refractivity contribution >= 4 is 0 Å². The Balaban J connectivity index is 2.72. The number of ether oxygens (including phenoxy) is 1. The maximum Gasteiger partial charge on any atom is 0.0469 e. The molecule has 0 spiro atoms. The third kappa shape index (κ3) is 5.34. The van der Waals surface area contributed by atoms with Crippen LogP contribution in [0.2, 0.25) is 0 Å². The maximum absolute atomic E-state index is 6.24. The second-order valence-electron chi connectivity index (χ2n) is 7.56. The summed E-state index contributed by atoms with van der Waals surface area (Å²) in [5.74, 6) is 2.16. The van der Waals surface area contributed by atoms with Gasteiger partial charge in [0.25, 0.3) is 0 Å². The van der Waals surface area contributed by atoms with Gasteiger partial charge < -0.3 is 10.5 Å². The summed E-state index contributed by atoms with van der Waals surface area (Å²) in [7, 11) is 2.28. The van der Waals surface area contributed by atoms with Crippen molar-refractivity contribution in [2.45, 2.75) is 58.9 Å². The summed E-state index contributed by atoms with van der Waals surface area (Å²) in [6, 6.07) is 0. The molecule has 3 nitrogen and oxygen atoms in total. The molecule has 0 radical (unpaired) electrons. The fourth-order valence-corrected chi connectivity index (χ4v) is 3.75. The highest BCUT2D eigenvalue weighted by molar-refractivity contribution is 4.93.